The fraction of sp³-hybridized carbons (Fsp3) is 0.429. The summed E-state index contributed by atoms with van der Waals surface area (Å²) in [5.74, 6) is -2.79. The number of carboxylic acid groups (broad SMARTS) is 2. The highest BCUT2D eigenvalue weighted by Gasteiger charge is 2.36. The van der Waals surface area contributed by atoms with E-state index in [1.807, 2.05) is 6.08 Å². The third-order valence-corrected chi connectivity index (χ3v) is 6.86. The molecule has 0 radical (unpaired) electrons. The van der Waals surface area contributed by atoms with Crippen molar-refractivity contribution < 1.29 is 46.1 Å². The number of halogens is 6. The lowest BCUT2D eigenvalue weighted by Crippen LogP contribution is -2.15. The number of rotatable bonds is 4. The van der Waals surface area contributed by atoms with Gasteiger partial charge in [0, 0.05) is 0 Å². The van der Waals surface area contributed by atoms with Crippen LogP contribution in [0.15, 0.2) is 42.5 Å². The first-order valence-electron chi connectivity index (χ1n) is 12.4. The summed E-state index contributed by atoms with van der Waals surface area (Å²) in [7, 11) is 0. The van der Waals surface area contributed by atoms with Crippen molar-refractivity contribution in [3.63, 3.8) is 0 Å². The molecule has 2 aliphatic rings. The summed E-state index contributed by atoms with van der Waals surface area (Å²) in [4.78, 5) is 21.6. The summed E-state index contributed by atoms with van der Waals surface area (Å²) >= 11 is 0. The molecule has 206 valence electrons. The highest BCUT2D eigenvalue weighted by atomic mass is 19.4. The largest absolute Gasteiger partial charge is 0.478 e. The smallest absolute Gasteiger partial charge is 0.417 e. The predicted octanol–water partition coefficient (Wildman–Crippen LogP) is 8.81. The molecule has 0 saturated heterocycles. The fourth-order valence-electron chi connectivity index (χ4n) is 4.98. The van der Waals surface area contributed by atoms with Gasteiger partial charge < -0.3 is 10.2 Å². The monoisotopic (exact) mass is 542 g/mol. The Kier molecular flexibility index (Phi) is 9.27. The van der Waals surface area contributed by atoms with Crippen LogP contribution >= 0.6 is 0 Å². The minimum atomic E-state index is -4.54. The first-order valence-corrected chi connectivity index (χ1v) is 12.4. The normalized spacial score (nSPS) is 16.7. The molecule has 0 atom stereocenters. The average Bonchev–Trinajstić information content (AvgIpc) is 2.88. The summed E-state index contributed by atoms with van der Waals surface area (Å²) in [5.41, 5.74) is -1.29. The molecule has 2 aromatic carbocycles. The van der Waals surface area contributed by atoms with Gasteiger partial charge >= 0.3 is 24.3 Å². The summed E-state index contributed by atoms with van der Waals surface area (Å²) in [6, 6.07) is 6.56. The lowest BCUT2D eigenvalue weighted by atomic mass is 9.81. The number of carbonyl (C=O) groups is 2. The van der Waals surface area contributed by atoms with Crippen molar-refractivity contribution in [2.45, 2.75) is 76.1 Å². The van der Waals surface area contributed by atoms with Crippen LogP contribution in [0.4, 0.5) is 26.3 Å². The molecular weight excluding hydrogens is 514 g/mol. The van der Waals surface area contributed by atoms with E-state index in [1.165, 1.54) is 24.3 Å². The van der Waals surface area contributed by atoms with Gasteiger partial charge in [0.25, 0.3) is 0 Å². The van der Waals surface area contributed by atoms with Crippen molar-refractivity contribution in [3.8, 4) is 0 Å². The SMILES string of the molecule is O=C(O)c1ccc(C2=CCCCC2)c(C(F)(F)F)c1.O=C(O)c1ccc(C2CCCCC2)c(C(F)(F)F)c1. The topological polar surface area (TPSA) is 74.6 Å². The van der Waals surface area contributed by atoms with E-state index in [-0.39, 0.29) is 28.2 Å². The second kappa shape index (κ2) is 12.0. The number of benzene rings is 2. The van der Waals surface area contributed by atoms with Crippen LogP contribution in [0.2, 0.25) is 0 Å². The third kappa shape index (κ3) is 7.39. The van der Waals surface area contributed by atoms with Crippen LogP contribution in [0.5, 0.6) is 0 Å². The van der Waals surface area contributed by atoms with Gasteiger partial charge in [0.1, 0.15) is 0 Å². The highest BCUT2D eigenvalue weighted by Crippen LogP contribution is 2.41. The molecule has 4 rings (SSSR count). The molecule has 0 unspecified atom stereocenters. The van der Waals surface area contributed by atoms with Crippen LogP contribution in [0.25, 0.3) is 5.57 Å². The van der Waals surface area contributed by atoms with Crippen LogP contribution in [-0.4, -0.2) is 22.2 Å². The van der Waals surface area contributed by atoms with E-state index in [0.717, 1.165) is 57.4 Å². The standard InChI is InChI=1S/C14H15F3O2.C14H13F3O2/c2*15-14(16,17)12-8-10(13(18)19)6-7-11(12)9-4-2-1-3-5-9/h6-9H,1-5H2,(H,18,19);4,6-8H,1-3,5H2,(H,18,19). The zero-order valence-electron chi connectivity index (χ0n) is 20.5. The molecule has 1 saturated carbocycles. The van der Waals surface area contributed by atoms with E-state index in [9.17, 15) is 35.9 Å². The van der Waals surface area contributed by atoms with E-state index in [1.54, 1.807) is 0 Å². The van der Waals surface area contributed by atoms with Crippen LogP contribution in [-0.2, 0) is 12.4 Å². The maximum Gasteiger partial charge on any atom is 0.417 e. The molecule has 1 fully saturated rings. The summed E-state index contributed by atoms with van der Waals surface area (Å²) in [5, 5.41) is 17.6. The van der Waals surface area contributed by atoms with E-state index in [0.29, 0.717) is 18.1 Å². The maximum atomic E-state index is 13.1. The summed E-state index contributed by atoms with van der Waals surface area (Å²) in [6.07, 6.45) is 0.415. The second-order valence-electron chi connectivity index (χ2n) is 9.48. The van der Waals surface area contributed by atoms with Gasteiger partial charge in [0.2, 0.25) is 0 Å². The Hall–Kier alpha value is -3.30. The Morgan fingerprint density at radius 3 is 1.76 bits per heavy atom. The molecule has 2 aromatic rings. The van der Waals surface area contributed by atoms with Gasteiger partial charge in [-0.05, 0) is 85.4 Å². The van der Waals surface area contributed by atoms with Gasteiger partial charge in [-0.2, -0.15) is 26.3 Å². The third-order valence-electron chi connectivity index (χ3n) is 6.86. The first-order chi connectivity index (χ1) is 17.8. The number of aromatic carboxylic acids is 2. The van der Waals surface area contributed by atoms with Crippen molar-refractivity contribution in [2.75, 3.05) is 0 Å². The molecule has 0 bridgehead atoms. The summed E-state index contributed by atoms with van der Waals surface area (Å²) < 4.78 is 78.2. The van der Waals surface area contributed by atoms with Crippen LogP contribution < -0.4 is 0 Å². The maximum absolute atomic E-state index is 13.1. The van der Waals surface area contributed by atoms with Gasteiger partial charge in [-0.1, -0.05) is 37.5 Å². The molecule has 0 heterocycles. The zero-order chi connectivity index (χ0) is 28.1. The number of hydrogen-bond donors (Lipinski definition) is 2. The Morgan fingerprint density at radius 1 is 0.711 bits per heavy atom. The van der Waals surface area contributed by atoms with Gasteiger partial charge in [0.15, 0.2) is 0 Å². The first kappa shape index (κ1) is 29.3. The minimum absolute atomic E-state index is 0.104. The highest BCUT2D eigenvalue weighted by molar-refractivity contribution is 5.89. The van der Waals surface area contributed by atoms with Crippen molar-refractivity contribution in [3.05, 3.63) is 75.9 Å². The molecule has 38 heavy (non-hydrogen) atoms. The number of allylic oxidation sites excluding steroid dienone is 2. The van der Waals surface area contributed by atoms with Crippen LogP contribution in [0.1, 0.15) is 107 Å². The molecular formula is C28H28F6O4. The zero-order valence-corrected chi connectivity index (χ0v) is 20.5. The molecule has 2 N–H and O–H groups in total. The van der Waals surface area contributed by atoms with Gasteiger partial charge in [-0.15, -0.1) is 0 Å². The average molecular weight is 543 g/mol. The van der Waals surface area contributed by atoms with Crippen LogP contribution in [0.3, 0.4) is 0 Å². The Morgan fingerprint density at radius 2 is 1.26 bits per heavy atom. The van der Waals surface area contributed by atoms with Crippen LogP contribution in [0, 0.1) is 0 Å². The summed E-state index contributed by atoms with van der Waals surface area (Å²) in [6.45, 7) is 0. The molecule has 0 aromatic heterocycles. The molecule has 0 spiro atoms. The number of alkyl halides is 6. The Labute approximate surface area is 216 Å². The molecule has 10 heteroatoms. The lowest BCUT2D eigenvalue weighted by molar-refractivity contribution is -0.139. The van der Waals surface area contributed by atoms with E-state index < -0.39 is 35.4 Å². The number of hydrogen-bond acceptors (Lipinski definition) is 2. The molecule has 0 aliphatic heterocycles. The lowest BCUT2D eigenvalue weighted by Gasteiger charge is -2.25. The Balaban J connectivity index is 0.000000211. The minimum Gasteiger partial charge on any atom is -0.478 e. The van der Waals surface area contributed by atoms with Crippen molar-refractivity contribution in [1.29, 1.82) is 0 Å². The van der Waals surface area contributed by atoms with Gasteiger partial charge in [0.05, 0.1) is 22.3 Å². The molecule has 4 nitrogen and oxygen atoms in total. The fourth-order valence-corrected chi connectivity index (χ4v) is 4.98. The molecule has 2 aliphatic carbocycles. The van der Waals surface area contributed by atoms with Gasteiger partial charge in [-0.3, -0.25) is 0 Å². The quantitative estimate of drug-likeness (QED) is 0.379. The van der Waals surface area contributed by atoms with Crippen molar-refractivity contribution in [1.82, 2.24) is 0 Å². The second-order valence-corrected chi connectivity index (χ2v) is 9.48. The predicted molar refractivity (Wildman–Crippen MR) is 129 cm³/mol. The van der Waals surface area contributed by atoms with Crippen molar-refractivity contribution in [2.24, 2.45) is 0 Å². The van der Waals surface area contributed by atoms with E-state index in [4.69, 9.17) is 10.2 Å². The Bertz CT molecular complexity index is 1190. The molecule has 0 amide bonds. The van der Waals surface area contributed by atoms with E-state index >= 15 is 0 Å². The van der Waals surface area contributed by atoms with Crippen molar-refractivity contribution >= 4 is 17.5 Å². The van der Waals surface area contributed by atoms with E-state index in [2.05, 4.69) is 0 Å². The number of carboxylic acids is 2. The van der Waals surface area contributed by atoms with Gasteiger partial charge in [-0.25, -0.2) is 9.59 Å².